The van der Waals surface area contributed by atoms with Gasteiger partial charge in [0.1, 0.15) is 5.82 Å². The van der Waals surface area contributed by atoms with E-state index in [1.165, 1.54) is 11.1 Å². The maximum Gasteiger partial charge on any atom is 0.253 e. The first-order valence-corrected chi connectivity index (χ1v) is 10.4. The predicted octanol–water partition coefficient (Wildman–Crippen LogP) is 3.89. The molecule has 0 unspecified atom stereocenters. The number of fused-ring (bicyclic) bond motifs is 1. The lowest BCUT2D eigenvalue weighted by Crippen LogP contribution is -2.21. The van der Waals surface area contributed by atoms with Crippen molar-refractivity contribution in [3.05, 3.63) is 78.1 Å². The monoisotopic (exact) mass is 442 g/mol. The van der Waals surface area contributed by atoms with Gasteiger partial charge in [0.15, 0.2) is 0 Å². The number of aromatic nitrogens is 2. The van der Waals surface area contributed by atoms with Crippen LogP contribution in [0, 0.1) is 0 Å². The second-order valence-corrected chi connectivity index (χ2v) is 8.05. The van der Waals surface area contributed by atoms with E-state index in [1.807, 2.05) is 66.2 Å². The topological polar surface area (TPSA) is 96.5 Å². The Bertz CT molecular complexity index is 1340. The fourth-order valence-electron chi connectivity index (χ4n) is 3.82. The molecule has 2 aromatic heterocycles. The molecular formula is C25H26N6O2. The maximum atomic E-state index is 12.2. The maximum absolute atomic E-state index is 12.2. The summed E-state index contributed by atoms with van der Waals surface area (Å²) in [5.74, 6) is -0.0710. The largest absolute Gasteiger partial charge is 0.365 e. The van der Waals surface area contributed by atoms with Crippen LogP contribution in [0.25, 0.3) is 10.9 Å². The molecule has 4 rings (SSSR count). The van der Waals surface area contributed by atoms with E-state index in [-0.39, 0.29) is 5.91 Å². The summed E-state index contributed by atoms with van der Waals surface area (Å²) < 4.78 is 2.04. The fraction of sp³-hybridized carbons (Fsp3) is 0.160. The minimum Gasteiger partial charge on any atom is -0.365 e. The van der Waals surface area contributed by atoms with Crippen LogP contribution in [0.2, 0.25) is 0 Å². The van der Waals surface area contributed by atoms with Crippen LogP contribution >= 0.6 is 0 Å². The zero-order valence-corrected chi connectivity index (χ0v) is 19.0. The molecule has 8 heteroatoms. The Kier molecular flexibility index (Phi) is 5.74. The van der Waals surface area contributed by atoms with Gasteiger partial charge in [-0.05, 0) is 36.4 Å². The third kappa shape index (κ3) is 4.23. The van der Waals surface area contributed by atoms with Crippen molar-refractivity contribution in [3.63, 3.8) is 0 Å². The number of para-hydroxylation sites is 1. The number of carbonyl (C=O) groups is 2. The summed E-state index contributed by atoms with van der Waals surface area (Å²) in [4.78, 5) is 32.1. The molecule has 33 heavy (non-hydrogen) atoms. The Balaban J connectivity index is 1.70. The number of nitrogens with two attached hydrogens (primary N) is 1. The second-order valence-electron chi connectivity index (χ2n) is 8.05. The Morgan fingerprint density at radius 2 is 1.73 bits per heavy atom. The van der Waals surface area contributed by atoms with Gasteiger partial charge in [0.2, 0.25) is 0 Å². The van der Waals surface area contributed by atoms with Gasteiger partial charge in [0.05, 0.1) is 22.5 Å². The molecule has 2 aromatic carbocycles. The minimum absolute atomic E-state index is 0.0655. The van der Waals surface area contributed by atoms with Crippen LogP contribution < -0.4 is 16.0 Å². The Labute approximate surface area is 192 Å². The highest BCUT2D eigenvalue weighted by molar-refractivity contribution is 6.02. The van der Waals surface area contributed by atoms with Crippen LogP contribution in [0.1, 0.15) is 20.7 Å². The van der Waals surface area contributed by atoms with Crippen molar-refractivity contribution in [2.45, 2.75) is 0 Å². The van der Waals surface area contributed by atoms with Crippen molar-refractivity contribution in [2.75, 3.05) is 31.4 Å². The summed E-state index contributed by atoms with van der Waals surface area (Å²) in [6.45, 7) is 0. The van der Waals surface area contributed by atoms with E-state index >= 15 is 0 Å². The molecule has 2 amide bonds. The van der Waals surface area contributed by atoms with E-state index < -0.39 is 5.91 Å². The van der Waals surface area contributed by atoms with Crippen molar-refractivity contribution in [1.82, 2.24) is 14.5 Å². The average molecular weight is 443 g/mol. The summed E-state index contributed by atoms with van der Waals surface area (Å²) in [5.41, 5.74) is 9.95. The van der Waals surface area contributed by atoms with Crippen LogP contribution in [0.15, 0.2) is 67.0 Å². The number of hydrogen-bond acceptors (Lipinski definition) is 5. The number of pyridine rings is 1. The highest BCUT2D eigenvalue weighted by Crippen LogP contribution is 2.34. The molecule has 0 aliphatic rings. The molecule has 8 nitrogen and oxygen atoms in total. The van der Waals surface area contributed by atoms with Crippen LogP contribution in [0.4, 0.5) is 22.9 Å². The number of nitrogens with one attached hydrogen (secondary N) is 1. The molecule has 0 spiro atoms. The van der Waals surface area contributed by atoms with Gasteiger partial charge >= 0.3 is 0 Å². The minimum atomic E-state index is -0.554. The standard InChI is InChI=1S/C25H26N6O2/c1-29(2)25(33)17-8-10-18(11-9-17)28-22-14-21(19(15-27-22)24(26)32)31(4)20-7-5-6-16-12-13-30(3)23(16)20/h5-15H,1-4H3,(H2,26,32)(H,27,28). The lowest BCUT2D eigenvalue weighted by atomic mass is 10.1. The van der Waals surface area contributed by atoms with E-state index in [9.17, 15) is 9.59 Å². The van der Waals surface area contributed by atoms with Crippen molar-refractivity contribution in [1.29, 1.82) is 0 Å². The highest BCUT2D eigenvalue weighted by atomic mass is 16.2. The molecule has 168 valence electrons. The number of aryl methyl sites for hydroxylation is 1. The van der Waals surface area contributed by atoms with Crippen LogP contribution in [0.3, 0.4) is 0 Å². The van der Waals surface area contributed by atoms with Gasteiger partial charge in [-0.2, -0.15) is 0 Å². The average Bonchev–Trinajstić information content (AvgIpc) is 3.19. The fourth-order valence-corrected chi connectivity index (χ4v) is 3.82. The lowest BCUT2D eigenvalue weighted by Gasteiger charge is -2.24. The number of hydrogen-bond donors (Lipinski definition) is 2. The number of primary amides is 1. The van der Waals surface area contributed by atoms with Gasteiger partial charge in [0.25, 0.3) is 11.8 Å². The van der Waals surface area contributed by atoms with Crippen LogP contribution in [-0.4, -0.2) is 47.4 Å². The van der Waals surface area contributed by atoms with Gasteiger partial charge < -0.3 is 25.4 Å². The lowest BCUT2D eigenvalue weighted by molar-refractivity contribution is 0.0827. The number of nitrogens with zero attached hydrogens (tertiary/aromatic N) is 4. The van der Waals surface area contributed by atoms with Crippen molar-refractivity contribution < 1.29 is 9.59 Å². The first-order valence-electron chi connectivity index (χ1n) is 10.4. The van der Waals surface area contributed by atoms with E-state index in [0.29, 0.717) is 22.6 Å². The zero-order chi connectivity index (χ0) is 23.7. The summed E-state index contributed by atoms with van der Waals surface area (Å²) in [5, 5.41) is 4.33. The van der Waals surface area contributed by atoms with E-state index in [4.69, 9.17) is 5.73 Å². The Hall–Kier alpha value is -4.33. The van der Waals surface area contributed by atoms with Gasteiger partial charge in [0, 0.05) is 63.3 Å². The normalized spacial score (nSPS) is 10.8. The van der Waals surface area contributed by atoms with Gasteiger partial charge in [-0.3, -0.25) is 9.59 Å². The zero-order valence-electron chi connectivity index (χ0n) is 19.0. The highest BCUT2D eigenvalue weighted by Gasteiger charge is 2.18. The third-order valence-corrected chi connectivity index (χ3v) is 5.56. The van der Waals surface area contributed by atoms with E-state index in [1.54, 1.807) is 32.3 Å². The molecule has 0 aliphatic heterocycles. The van der Waals surface area contributed by atoms with Gasteiger partial charge in [-0.1, -0.05) is 12.1 Å². The molecule has 4 aromatic rings. The summed E-state index contributed by atoms with van der Waals surface area (Å²) in [6.07, 6.45) is 3.48. The van der Waals surface area contributed by atoms with Crippen molar-refractivity contribution in [3.8, 4) is 0 Å². The number of anilines is 4. The van der Waals surface area contributed by atoms with Crippen molar-refractivity contribution in [2.24, 2.45) is 12.8 Å². The van der Waals surface area contributed by atoms with Gasteiger partial charge in [-0.25, -0.2) is 4.98 Å². The van der Waals surface area contributed by atoms with Crippen LogP contribution in [-0.2, 0) is 7.05 Å². The van der Waals surface area contributed by atoms with Crippen molar-refractivity contribution >= 4 is 45.6 Å². The number of benzene rings is 2. The first kappa shape index (κ1) is 21.9. The SMILES string of the molecule is CN(C)C(=O)c1ccc(Nc2cc(N(C)c3cccc4ccn(C)c34)c(C(N)=O)cn2)cc1. The third-order valence-electron chi connectivity index (χ3n) is 5.56. The molecule has 0 atom stereocenters. The Morgan fingerprint density at radius 1 is 1.00 bits per heavy atom. The molecule has 0 aliphatic carbocycles. The van der Waals surface area contributed by atoms with E-state index in [0.717, 1.165) is 22.3 Å². The molecule has 0 saturated heterocycles. The molecule has 3 N–H and O–H groups in total. The summed E-state index contributed by atoms with van der Waals surface area (Å²) in [7, 11) is 7.31. The Morgan fingerprint density at radius 3 is 2.39 bits per heavy atom. The number of amides is 2. The number of carbonyl (C=O) groups excluding carboxylic acids is 2. The molecule has 0 saturated carbocycles. The predicted molar refractivity (Wildman–Crippen MR) is 131 cm³/mol. The molecule has 2 heterocycles. The molecular weight excluding hydrogens is 416 g/mol. The second kappa shape index (κ2) is 8.66. The van der Waals surface area contributed by atoms with Gasteiger partial charge in [-0.15, -0.1) is 0 Å². The smallest absolute Gasteiger partial charge is 0.253 e. The van der Waals surface area contributed by atoms with Crippen LogP contribution in [0.5, 0.6) is 0 Å². The summed E-state index contributed by atoms with van der Waals surface area (Å²) >= 11 is 0. The first-order chi connectivity index (χ1) is 15.8. The number of rotatable bonds is 6. The molecule has 0 fully saturated rings. The quantitative estimate of drug-likeness (QED) is 0.472. The molecule has 0 bridgehead atoms. The summed E-state index contributed by atoms with van der Waals surface area (Å²) in [6, 6.07) is 17.0. The molecule has 0 radical (unpaired) electrons. The van der Waals surface area contributed by atoms with E-state index in [2.05, 4.69) is 10.3 Å².